The molecule has 0 unspecified atom stereocenters. The van der Waals surface area contributed by atoms with Crippen LogP contribution in [0, 0.1) is 17.0 Å². The number of aryl methyl sites for hydroxylation is 1. The predicted octanol–water partition coefficient (Wildman–Crippen LogP) is 1.78. The largest absolute Gasteiger partial charge is 0.454 e. The van der Waals surface area contributed by atoms with Crippen molar-refractivity contribution in [2.75, 3.05) is 12.1 Å². The van der Waals surface area contributed by atoms with E-state index < -0.39 is 22.1 Å². The number of ether oxygens (including phenoxy) is 2. The van der Waals surface area contributed by atoms with Gasteiger partial charge in [-0.2, -0.15) is 0 Å². The van der Waals surface area contributed by atoms with Crippen molar-refractivity contribution in [2.24, 2.45) is 0 Å². The molecule has 4 rings (SSSR count). The second-order valence-corrected chi connectivity index (χ2v) is 6.80. The predicted molar refractivity (Wildman–Crippen MR) is 109 cm³/mol. The Labute approximate surface area is 174 Å². The minimum Gasteiger partial charge on any atom is -0.454 e. The number of rotatable bonds is 5. The molecule has 1 aliphatic heterocycles. The average molecular weight is 424 g/mol. The van der Waals surface area contributed by atoms with Gasteiger partial charge in [0.15, 0.2) is 11.5 Å². The Morgan fingerprint density at radius 1 is 1.19 bits per heavy atom. The first kappa shape index (κ1) is 19.9. The van der Waals surface area contributed by atoms with Gasteiger partial charge in [-0.1, -0.05) is 6.07 Å². The van der Waals surface area contributed by atoms with Crippen LogP contribution in [0.4, 0.5) is 11.4 Å². The molecule has 2 heterocycles. The van der Waals surface area contributed by atoms with Gasteiger partial charge in [-0.25, -0.2) is 4.79 Å². The highest BCUT2D eigenvalue weighted by Gasteiger charge is 2.18. The van der Waals surface area contributed by atoms with Gasteiger partial charge >= 0.3 is 5.69 Å². The topological polar surface area (TPSA) is 146 Å². The zero-order chi connectivity index (χ0) is 22.1. The number of nitrogens with one attached hydrogen (secondary N) is 2. The van der Waals surface area contributed by atoms with Crippen LogP contribution >= 0.6 is 0 Å². The highest BCUT2D eigenvalue weighted by molar-refractivity contribution is 6.04. The summed E-state index contributed by atoms with van der Waals surface area (Å²) in [5, 5.41) is 13.4. The molecule has 11 nitrogen and oxygen atoms in total. The molecule has 0 spiro atoms. The fraction of sp³-hybridized carbons (Fsp3) is 0.150. The fourth-order valence-electron chi connectivity index (χ4n) is 3.13. The minimum absolute atomic E-state index is 0.0809. The number of carbonyl (C=O) groups excluding carboxylic acids is 1. The molecule has 0 radical (unpaired) electrons. The number of hydrogen-bond donors (Lipinski definition) is 2. The van der Waals surface area contributed by atoms with Crippen LogP contribution in [0.15, 0.2) is 52.2 Å². The van der Waals surface area contributed by atoms with Gasteiger partial charge in [0.2, 0.25) is 6.79 Å². The maximum absolute atomic E-state index is 12.8. The number of amides is 1. The van der Waals surface area contributed by atoms with Gasteiger partial charge in [-0.3, -0.25) is 24.3 Å². The molecule has 11 heteroatoms. The summed E-state index contributed by atoms with van der Waals surface area (Å²) >= 11 is 0. The molecule has 31 heavy (non-hydrogen) atoms. The van der Waals surface area contributed by atoms with E-state index in [0.717, 1.165) is 10.8 Å². The lowest BCUT2D eigenvalue weighted by Gasteiger charge is -2.10. The van der Waals surface area contributed by atoms with E-state index in [1.54, 1.807) is 25.1 Å². The van der Waals surface area contributed by atoms with E-state index in [2.05, 4.69) is 10.3 Å². The van der Waals surface area contributed by atoms with E-state index in [4.69, 9.17) is 9.47 Å². The van der Waals surface area contributed by atoms with Gasteiger partial charge in [0.05, 0.1) is 11.5 Å². The van der Waals surface area contributed by atoms with Crippen molar-refractivity contribution in [1.82, 2.24) is 9.55 Å². The maximum Gasteiger partial charge on any atom is 0.328 e. The number of aromatic nitrogens is 2. The number of non-ortho nitro benzene ring substituents is 1. The SMILES string of the molecule is Cc1cc([N+](=O)[O-])ccc1NC(=O)c1c[nH]c(=O)n(Cc2ccc3c(c2)OCO3)c1=O. The minimum atomic E-state index is -0.779. The number of hydrogen-bond acceptors (Lipinski definition) is 7. The van der Waals surface area contributed by atoms with Crippen LogP contribution in [0.5, 0.6) is 11.5 Å². The Morgan fingerprint density at radius 2 is 1.97 bits per heavy atom. The third-order valence-corrected chi connectivity index (χ3v) is 4.75. The summed E-state index contributed by atoms with van der Waals surface area (Å²) in [4.78, 5) is 50.4. The smallest absolute Gasteiger partial charge is 0.328 e. The molecule has 1 amide bonds. The molecule has 2 N–H and O–H groups in total. The monoisotopic (exact) mass is 424 g/mol. The Kier molecular flexibility index (Phi) is 4.99. The zero-order valence-electron chi connectivity index (χ0n) is 16.2. The second-order valence-electron chi connectivity index (χ2n) is 6.80. The quantitative estimate of drug-likeness (QED) is 0.469. The summed E-state index contributed by atoms with van der Waals surface area (Å²) in [6.45, 7) is 1.60. The molecule has 3 aromatic rings. The van der Waals surface area contributed by atoms with E-state index in [-0.39, 0.29) is 24.6 Å². The first-order valence-electron chi connectivity index (χ1n) is 9.11. The molecular weight excluding hydrogens is 408 g/mol. The Hall–Kier alpha value is -4.41. The van der Waals surface area contributed by atoms with Crippen LogP contribution in [0.3, 0.4) is 0 Å². The van der Waals surface area contributed by atoms with Crippen LogP contribution in [0.1, 0.15) is 21.5 Å². The second kappa shape index (κ2) is 7.78. The standard InChI is InChI=1S/C20H16N4O7/c1-11-6-13(24(28)29)3-4-15(11)22-18(25)14-8-21-20(27)23(19(14)26)9-12-2-5-16-17(7-12)31-10-30-16/h2-8H,9-10H2,1H3,(H,21,27)(H,22,25). The molecular formula is C20H16N4O7. The number of nitro benzene ring substituents is 1. The molecule has 0 atom stereocenters. The van der Waals surface area contributed by atoms with Crippen molar-refractivity contribution in [3.8, 4) is 11.5 Å². The van der Waals surface area contributed by atoms with Crippen LogP contribution in [-0.2, 0) is 6.54 Å². The van der Waals surface area contributed by atoms with E-state index >= 15 is 0 Å². The van der Waals surface area contributed by atoms with Crippen LogP contribution in [-0.4, -0.2) is 27.2 Å². The molecule has 0 saturated heterocycles. The van der Waals surface area contributed by atoms with Gasteiger partial charge in [0.1, 0.15) is 5.56 Å². The first-order chi connectivity index (χ1) is 14.8. The lowest BCUT2D eigenvalue weighted by molar-refractivity contribution is -0.384. The third-order valence-electron chi connectivity index (χ3n) is 4.75. The summed E-state index contributed by atoms with van der Waals surface area (Å²) in [5.74, 6) is 0.318. The molecule has 0 aliphatic carbocycles. The van der Waals surface area contributed by atoms with Crippen molar-refractivity contribution < 1.29 is 19.2 Å². The highest BCUT2D eigenvalue weighted by atomic mass is 16.7. The molecule has 158 valence electrons. The molecule has 0 bridgehead atoms. The summed E-state index contributed by atoms with van der Waals surface area (Å²) < 4.78 is 11.4. The van der Waals surface area contributed by atoms with Crippen LogP contribution in [0.25, 0.3) is 0 Å². The lowest BCUT2D eigenvalue weighted by atomic mass is 10.1. The van der Waals surface area contributed by atoms with E-state index in [0.29, 0.717) is 28.3 Å². The van der Waals surface area contributed by atoms with E-state index in [1.165, 1.54) is 18.2 Å². The Morgan fingerprint density at radius 3 is 2.71 bits per heavy atom. The summed E-state index contributed by atoms with van der Waals surface area (Å²) in [6, 6.07) is 8.94. The number of benzene rings is 2. The van der Waals surface area contributed by atoms with Crippen molar-refractivity contribution in [1.29, 1.82) is 0 Å². The molecule has 2 aromatic carbocycles. The molecule has 0 fully saturated rings. The van der Waals surface area contributed by atoms with Gasteiger partial charge < -0.3 is 19.8 Å². The van der Waals surface area contributed by atoms with Crippen molar-refractivity contribution in [2.45, 2.75) is 13.5 Å². The summed E-state index contributed by atoms with van der Waals surface area (Å²) in [5.41, 5.74) is -0.482. The van der Waals surface area contributed by atoms with Crippen molar-refractivity contribution in [3.05, 3.63) is 90.2 Å². The number of nitro groups is 1. The number of H-pyrrole nitrogens is 1. The lowest BCUT2D eigenvalue weighted by Crippen LogP contribution is -2.39. The van der Waals surface area contributed by atoms with Crippen LogP contribution < -0.4 is 26.0 Å². The summed E-state index contributed by atoms with van der Waals surface area (Å²) in [7, 11) is 0. The average Bonchev–Trinajstić information content (AvgIpc) is 3.20. The van der Waals surface area contributed by atoms with Gasteiger partial charge in [-0.05, 0) is 36.2 Å². The van der Waals surface area contributed by atoms with E-state index in [9.17, 15) is 24.5 Å². The third kappa shape index (κ3) is 3.88. The van der Waals surface area contributed by atoms with Gasteiger partial charge in [-0.15, -0.1) is 0 Å². The van der Waals surface area contributed by atoms with Gasteiger partial charge in [0.25, 0.3) is 17.2 Å². The number of aromatic amines is 1. The Balaban J connectivity index is 1.61. The van der Waals surface area contributed by atoms with E-state index in [1.807, 2.05) is 0 Å². The maximum atomic E-state index is 12.8. The van der Waals surface area contributed by atoms with Crippen LogP contribution in [0.2, 0.25) is 0 Å². The molecule has 1 aliphatic rings. The zero-order valence-corrected chi connectivity index (χ0v) is 16.2. The number of fused-ring (bicyclic) bond motifs is 1. The molecule has 0 saturated carbocycles. The highest BCUT2D eigenvalue weighted by Crippen LogP contribution is 2.32. The van der Waals surface area contributed by atoms with Crippen molar-refractivity contribution in [3.63, 3.8) is 0 Å². The number of anilines is 1. The normalized spacial score (nSPS) is 11.9. The number of nitrogens with zero attached hydrogens (tertiary/aromatic N) is 2. The fourth-order valence-corrected chi connectivity index (χ4v) is 3.13. The first-order valence-corrected chi connectivity index (χ1v) is 9.11. The number of carbonyl (C=O) groups is 1. The Bertz CT molecular complexity index is 1330. The van der Waals surface area contributed by atoms with Gasteiger partial charge in [0, 0.05) is 24.0 Å². The summed E-state index contributed by atoms with van der Waals surface area (Å²) in [6.07, 6.45) is 1.04. The van der Waals surface area contributed by atoms with Crippen molar-refractivity contribution >= 4 is 17.3 Å². The molecule has 1 aromatic heterocycles.